The average Bonchev–Trinajstić information content (AvgIpc) is 2.73. The Bertz CT molecular complexity index is 614. The van der Waals surface area contributed by atoms with Crippen molar-refractivity contribution in [3.63, 3.8) is 0 Å². The van der Waals surface area contributed by atoms with Crippen molar-refractivity contribution in [2.75, 3.05) is 52.9 Å². The second kappa shape index (κ2) is 9.29. The number of nitrogens with one attached hydrogen (secondary N) is 2. The Hall–Kier alpha value is -1.97. The van der Waals surface area contributed by atoms with E-state index in [9.17, 15) is 4.79 Å². The Morgan fingerprint density at radius 1 is 1.26 bits per heavy atom. The van der Waals surface area contributed by atoms with Gasteiger partial charge < -0.3 is 29.7 Å². The molecular weight excluding hydrogens is 350 g/mol. The number of nitrogens with zero attached hydrogens (tertiary/aromatic N) is 3. The molecule has 2 atom stereocenters. The Morgan fingerprint density at radius 2 is 2.04 bits per heavy atom. The monoisotopic (exact) mass is 379 g/mol. The maximum atomic E-state index is 12.8. The van der Waals surface area contributed by atoms with Crippen LogP contribution in [0, 0.1) is 0 Å². The van der Waals surface area contributed by atoms with Crippen molar-refractivity contribution in [3.05, 3.63) is 11.8 Å². The fraction of sp³-hybridized carbons (Fsp3) is 0.722. The Labute approximate surface area is 159 Å². The smallest absolute Gasteiger partial charge is 0.318 e. The molecule has 2 aliphatic rings. The van der Waals surface area contributed by atoms with Crippen LogP contribution in [-0.2, 0) is 9.47 Å². The second-order valence-electron chi connectivity index (χ2n) is 6.85. The van der Waals surface area contributed by atoms with E-state index in [1.165, 1.54) is 7.11 Å². The average molecular weight is 379 g/mol. The molecule has 2 fully saturated rings. The molecule has 3 rings (SSSR count). The molecule has 1 aromatic rings. The summed E-state index contributed by atoms with van der Waals surface area (Å²) in [7, 11) is 4.96. The zero-order valence-corrected chi connectivity index (χ0v) is 16.2. The first-order chi connectivity index (χ1) is 13.1. The first-order valence-corrected chi connectivity index (χ1v) is 9.41. The van der Waals surface area contributed by atoms with Crippen molar-refractivity contribution >= 4 is 11.7 Å². The molecule has 1 aromatic heterocycles. The fourth-order valence-corrected chi connectivity index (χ4v) is 3.60. The number of piperidine rings is 1. The summed E-state index contributed by atoms with van der Waals surface area (Å²) in [6.07, 6.45) is 2.85. The summed E-state index contributed by atoms with van der Waals surface area (Å²) < 4.78 is 16.1. The third kappa shape index (κ3) is 4.85. The minimum atomic E-state index is -0.0912. The van der Waals surface area contributed by atoms with Crippen LogP contribution in [0.1, 0.15) is 29.8 Å². The van der Waals surface area contributed by atoms with Crippen LogP contribution < -0.4 is 15.4 Å². The van der Waals surface area contributed by atoms with Gasteiger partial charge in [-0.25, -0.2) is 0 Å². The Morgan fingerprint density at radius 3 is 2.70 bits per heavy atom. The number of hydrogen-bond donors (Lipinski definition) is 2. The standard InChI is InChI=1S/C18H29N5O4/c1-19-16-10-14(21-18(22-16)26-3)17(24)23-7-4-12(5-8-23)20-13-6-9-27-11-15(13)25-2/h10,12-13,15,20H,4-9,11H2,1-3H3,(H,19,21,22)/t13-,15+/m0/s1. The predicted octanol–water partition coefficient (Wildman–Crippen LogP) is 0.525. The largest absolute Gasteiger partial charge is 0.467 e. The fourth-order valence-electron chi connectivity index (χ4n) is 3.60. The number of hydrogen-bond acceptors (Lipinski definition) is 8. The van der Waals surface area contributed by atoms with E-state index in [0.717, 1.165) is 25.9 Å². The van der Waals surface area contributed by atoms with E-state index in [1.54, 1.807) is 20.2 Å². The highest BCUT2D eigenvalue weighted by molar-refractivity contribution is 5.93. The highest BCUT2D eigenvalue weighted by Crippen LogP contribution is 2.19. The lowest BCUT2D eigenvalue weighted by atomic mass is 9.99. The number of methoxy groups -OCH3 is 2. The van der Waals surface area contributed by atoms with Gasteiger partial charge in [-0.2, -0.15) is 9.97 Å². The van der Waals surface area contributed by atoms with Gasteiger partial charge in [-0.05, 0) is 19.3 Å². The molecular formula is C18H29N5O4. The summed E-state index contributed by atoms with van der Waals surface area (Å²) in [5.41, 5.74) is 0.349. The van der Waals surface area contributed by atoms with Gasteiger partial charge in [0, 0.05) is 52.0 Å². The quantitative estimate of drug-likeness (QED) is 0.739. The van der Waals surface area contributed by atoms with Crippen LogP contribution in [0.5, 0.6) is 6.01 Å². The number of anilines is 1. The normalized spacial score (nSPS) is 23.9. The van der Waals surface area contributed by atoms with Crippen LogP contribution >= 0.6 is 0 Å². The van der Waals surface area contributed by atoms with Crippen molar-refractivity contribution < 1.29 is 19.0 Å². The lowest BCUT2D eigenvalue weighted by Gasteiger charge is -2.38. The van der Waals surface area contributed by atoms with Gasteiger partial charge in [0.2, 0.25) is 0 Å². The number of likely N-dealkylation sites (tertiary alicyclic amines) is 1. The van der Waals surface area contributed by atoms with Gasteiger partial charge in [0.25, 0.3) is 5.91 Å². The molecule has 27 heavy (non-hydrogen) atoms. The van der Waals surface area contributed by atoms with Crippen LogP contribution in [0.3, 0.4) is 0 Å². The maximum absolute atomic E-state index is 12.8. The highest BCUT2D eigenvalue weighted by atomic mass is 16.5. The molecule has 0 aliphatic carbocycles. The third-order valence-electron chi connectivity index (χ3n) is 5.20. The zero-order valence-electron chi connectivity index (χ0n) is 16.2. The van der Waals surface area contributed by atoms with Crippen molar-refractivity contribution in [1.82, 2.24) is 20.2 Å². The van der Waals surface area contributed by atoms with Crippen molar-refractivity contribution in [2.45, 2.75) is 37.5 Å². The van der Waals surface area contributed by atoms with Crippen molar-refractivity contribution in [2.24, 2.45) is 0 Å². The van der Waals surface area contributed by atoms with E-state index in [1.807, 2.05) is 4.90 Å². The van der Waals surface area contributed by atoms with Crippen molar-refractivity contribution in [1.29, 1.82) is 0 Å². The summed E-state index contributed by atoms with van der Waals surface area (Å²) in [5.74, 6) is 0.471. The molecule has 0 unspecified atom stereocenters. The third-order valence-corrected chi connectivity index (χ3v) is 5.20. The summed E-state index contributed by atoms with van der Waals surface area (Å²) >= 11 is 0. The number of amides is 1. The van der Waals surface area contributed by atoms with E-state index in [2.05, 4.69) is 20.6 Å². The molecule has 0 saturated carbocycles. The molecule has 2 N–H and O–H groups in total. The van der Waals surface area contributed by atoms with Gasteiger partial charge in [0.15, 0.2) is 0 Å². The molecule has 0 radical (unpaired) electrons. The zero-order chi connectivity index (χ0) is 19.2. The van der Waals surface area contributed by atoms with E-state index >= 15 is 0 Å². The van der Waals surface area contributed by atoms with Crippen LogP contribution in [-0.4, -0.2) is 86.5 Å². The van der Waals surface area contributed by atoms with E-state index < -0.39 is 0 Å². The van der Waals surface area contributed by atoms with Crippen LogP contribution in [0.2, 0.25) is 0 Å². The van der Waals surface area contributed by atoms with Crippen LogP contribution in [0.15, 0.2) is 6.07 Å². The number of aromatic nitrogens is 2. The van der Waals surface area contributed by atoms with Gasteiger partial charge in [0.05, 0.1) is 19.8 Å². The Balaban J connectivity index is 1.56. The summed E-state index contributed by atoms with van der Waals surface area (Å²) in [5, 5.41) is 6.62. The topological polar surface area (TPSA) is 97.8 Å². The van der Waals surface area contributed by atoms with Crippen LogP contribution in [0.25, 0.3) is 0 Å². The van der Waals surface area contributed by atoms with Crippen LogP contribution in [0.4, 0.5) is 5.82 Å². The summed E-state index contributed by atoms with van der Waals surface area (Å²) in [4.78, 5) is 23.0. The number of carbonyl (C=O) groups is 1. The molecule has 0 bridgehead atoms. The van der Waals surface area contributed by atoms with E-state index in [-0.39, 0.29) is 18.0 Å². The molecule has 3 heterocycles. The molecule has 9 heteroatoms. The van der Waals surface area contributed by atoms with Gasteiger partial charge in [-0.1, -0.05) is 0 Å². The second-order valence-corrected chi connectivity index (χ2v) is 6.85. The molecule has 2 saturated heterocycles. The van der Waals surface area contributed by atoms with E-state index in [4.69, 9.17) is 14.2 Å². The number of rotatable bonds is 6. The molecule has 2 aliphatic heterocycles. The van der Waals surface area contributed by atoms with E-state index in [0.29, 0.717) is 43.3 Å². The highest BCUT2D eigenvalue weighted by Gasteiger charge is 2.30. The maximum Gasteiger partial charge on any atom is 0.318 e. The summed E-state index contributed by atoms with van der Waals surface area (Å²) in [6.45, 7) is 2.78. The number of carbonyl (C=O) groups excluding carboxylic acids is 1. The van der Waals surface area contributed by atoms with Gasteiger partial charge in [-0.3, -0.25) is 4.79 Å². The van der Waals surface area contributed by atoms with Gasteiger partial charge in [-0.15, -0.1) is 0 Å². The molecule has 9 nitrogen and oxygen atoms in total. The lowest BCUT2D eigenvalue weighted by Crippen LogP contribution is -2.54. The first kappa shape index (κ1) is 19.8. The molecule has 150 valence electrons. The summed E-state index contributed by atoms with van der Waals surface area (Å²) in [6, 6.07) is 2.52. The molecule has 0 aromatic carbocycles. The molecule has 0 spiro atoms. The van der Waals surface area contributed by atoms with Gasteiger partial charge >= 0.3 is 6.01 Å². The predicted molar refractivity (Wildman–Crippen MR) is 100 cm³/mol. The van der Waals surface area contributed by atoms with Gasteiger partial charge in [0.1, 0.15) is 11.5 Å². The Kier molecular flexibility index (Phi) is 6.81. The minimum absolute atomic E-state index is 0.0897. The first-order valence-electron chi connectivity index (χ1n) is 9.41. The van der Waals surface area contributed by atoms with Crippen molar-refractivity contribution in [3.8, 4) is 6.01 Å². The minimum Gasteiger partial charge on any atom is -0.467 e. The molecule has 1 amide bonds. The lowest BCUT2D eigenvalue weighted by molar-refractivity contribution is -0.0533. The number of ether oxygens (including phenoxy) is 3. The SMILES string of the molecule is CNc1cc(C(=O)N2CCC(N[C@H]3CCOC[C@H]3OC)CC2)nc(OC)n1.